The van der Waals surface area contributed by atoms with Crippen LogP contribution in [0.3, 0.4) is 0 Å². The molecule has 2 saturated heterocycles. The van der Waals surface area contributed by atoms with Crippen molar-refractivity contribution in [2.45, 2.75) is 38.3 Å². The van der Waals surface area contributed by atoms with Crippen LogP contribution in [0.15, 0.2) is 55.0 Å². The minimum Gasteiger partial charge on any atom is -0.472 e. The summed E-state index contributed by atoms with van der Waals surface area (Å²) in [7, 11) is 0. The van der Waals surface area contributed by atoms with Crippen molar-refractivity contribution in [3.05, 3.63) is 66.1 Å². The highest BCUT2D eigenvalue weighted by Crippen LogP contribution is 2.38. The van der Waals surface area contributed by atoms with E-state index in [2.05, 4.69) is 15.2 Å². The Balaban J connectivity index is 1.41. The summed E-state index contributed by atoms with van der Waals surface area (Å²) in [5, 5.41) is 8.40. The Labute approximate surface area is 169 Å². The molecule has 6 rings (SSSR count). The molecule has 3 atom stereocenters. The topological polar surface area (TPSA) is 73.1 Å². The SMILES string of the molecule is Cc1ccc(O[C@@H]2CC3CC[C@@H]2N(C(=O)c2ccccc2-n2nccn2)C3)nc1. The van der Waals surface area contributed by atoms with Gasteiger partial charge in [-0.1, -0.05) is 18.2 Å². The fraction of sp³-hybridized carbons (Fsp3) is 0.364. The standard InChI is InChI=1S/C22H23N5O2/c1-15-6-9-21(23-13-15)29-20-12-16-7-8-19(20)26(14-16)22(28)17-4-2-3-5-18(17)27-24-10-11-25-27/h2-6,9-11,13,16,19-20H,7-8,12,14H2,1H3/t16?,19-,20+/m0/s1. The van der Waals surface area contributed by atoms with Crippen LogP contribution in [0.5, 0.6) is 5.88 Å². The zero-order valence-corrected chi connectivity index (χ0v) is 16.3. The average molecular weight is 389 g/mol. The molecule has 0 spiro atoms. The van der Waals surface area contributed by atoms with Gasteiger partial charge in [0.05, 0.1) is 29.7 Å². The van der Waals surface area contributed by atoms with Crippen LogP contribution in [0.2, 0.25) is 0 Å². The van der Waals surface area contributed by atoms with Crippen LogP contribution in [-0.2, 0) is 0 Å². The molecular weight excluding hydrogens is 366 g/mol. The third-order valence-electron chi connectivity index (χ3n) is 5.91. The highest BCUT2D eigenvalue weighted by Gasteiger charge is 2.44. The molecule has 1 unspecified atom stereocenters. The van der Waals surface area contributed by atoms with Gasteiger partial charge in [0.2, 0.25) is 5.88 Å². The van der Waals surface area contributed by atoms with Gasteiger partial charge in [-0.3, -0.25) is 4.79 Å². The van der Waals surface area contributed by atoms with E-state index in [1.165, 1.54) is 4.80 Å². The summed E-state index contributed by atoms with van der Waals surface area (Å²) < 4.78 is 6.23. The van der Waals surface area contributed by atoms with E-state index in [1.807, 2.05) is 54.4 Å². The van der Waals surface area contributed by atoms with Crippen molar-refractivity contribution < 1.29 is 9.53 Å². The zero-order valence-electron chi connectivity index (χ0n) is 16.3. The van der Waals surface area contributed by atoms with Crippen molar-refractivity contribution in [1.82, 2.24) is 24.9 Å². The van der Waals surface area contributed by atoms with Gasteiger partial charge in [0.15, 0.2) is 0 Å². The Kier molecular flexibility index (Phi) is 4.50. The summed E-state index contributed by atoms with van der Waals surface area (Å²) in [6, 6.07) is 11.5. The molecule has 3 aromatic rings. The second-order valence-electron chi connectivity index (χ2n) is 7.87. The van der Waals surface area contributed by atoms with E-state index in [-0.39, 0.29) is 18.1 Å². The molecule has 4 heterocycles. The lowest BCUT2D eigenvalue weighted by Crippen LogP contribution is -2.59. The number of rotatable bonds is 4. The van der Waals surface area contributed by atoms with E-state index in [9.17, 15) is 4.79 Å². The lowest BCUT2D eigenvalue weighted by molar-refractivity contribution is -0.0313. The van der Waals surface area contributed by atoms with Crippen LogP contribution in [-0.4, -0.2) is 49.5 Å². The fourth-order valence-corrected chi connectivity index (χ4v) is 4.49. The summed E-state index contributed by atoms with van der Waals surface area (Å²) in [4.78, 5) is 21.4. The maximum Gasteiger partial charge on any atom is 0.256 e. The summed E-state index contributed by atoms with van der Waals surface area (Å²) >= 11 is 0. The maximum atomic E-state index is 13.5. The number of hydrogen-bond donors (Lipinski definition) is 0. The highest BCUT2D eigenvalue weighted by atomic mass is 16.5. The first kappa shape index (κ1) is 17.8. The van der Waals surface area contributed by atoms with Gasteiger partial charge >= 0.3 is 0 Å². The number of ether oxygens (including phenoxy) is 1. The van der Waals surface area contributed by atoms with Crippen molar-refractivity contribution in [2.75, 3.05) is 6.54 Å². The number of hydrogen-bond acceptors (Lipinski definition) is 5. The van der Waals surface area contributed by atoms with Crippen molar-refractivity contribution in [2.24, 2.45) is 5.92 Å². The molecule has 1 amide bonds. The van der Waals surface area contributed by atoms with Crippen molar-refractivity contribution >= 4 is 5.91 Å². The lowest BCUT2D eigenvalue weighted by atomic mass is 9.77. The second kappa shape index (κ2) is 7.31. The van der Waals surface area contributed by atoms with Gasteiger partial charge < -0.3 is 9.64 Å². The minimum atomic E-state index is -0.0309. The maximum absolute atomic E-state index is 13.5. The number of nitrogens with zero attached hydrogens (tertiary/aromatic N) is 5. The molecule has 29 heavy (non-hydrogen) atoms. The van der Waals surface area contributed by atoms with E-state index in [0.717, 1.165) is 31.4 Å². The summed E-state index contributed by atoms with van der Waals surface area (Å²) in [5.41, 5.74) is 2.41. The van der Waals surface area contributed by atoms with Crippen molar-refractivity contribution in [3.8, 4) is 11.6 Å². The van der Waals surface area contributed by atoms with Gasteiger partial charge in [-0.05, 0) is 49.8 Å². The third-order valence-corrected chi connectivity index (χ3v) is 5.91. The number of amides is 1. The van der Waals surface area contributed by atoms with Crippen molar-refractivity contribution in [3.63, 3.8) is 0 Å². The van der Waals surface area contributed by atoms with Crippen LogP contribution in [0.25, 0.3) is 5.69 Å². The summed E-state index contributed by atoms with van der Waals surface area (Å²) in [6.45, 7) is 2.78. The van der Waals surface area contributed by atoms with Crippen LogP contribution in [0.4, 0.5) is 0 Å². The van der Waals surface area contributed by atoms with E-state index in [1.54, 1.807) is 12.4 Å². The number of pyridine rings is 1. The number of fused-ring (bicyclic) bond motifs is 3. The van der Waals surface area contributed by atoms with E-state index in [4.69, 9.17) is 4.74 Å². The molecule has 0 radical (unpaired) electrons. The lowest BCUT2D eigenvalue weighted by Gasteiger charge is -2.49. The number of aryl methyl sites for hydroxylation is 1. The van der Waals surface area contributed by atoms with Gasteiger partial charge in [0.25, 0.3) is 5.91 Å². The van der Waals surface area contributed by atoms with Gasteiger partial charge in [0, 0.05) is 18.8 Å². The summed E-state index contributed by atoms with van der Waals surface area (Å²) in [5.74, 6) is 1.09. The first-order valence-electron chi connectivity index (χ1n) is 10.0. The predicted molar refractivity (Wildman–Crippen MR) is 107 cm³/mol. The molecular formula is C22H23N5O2. The molecule has 7 nitrogen and oxygen atoms in total. The Hall–Kier alpha value is -3.22. The normalized spacial score (nSPS) is 23.2. The molecule has 2 aromatic heterocycles. The highest BCUT2D eigenvalue weighted by molar-refractivity contribution is 5.98. The molecule has 1 aromatic carbocycles. The third kappa shape index (κ3) is 3.37. The second-order valence-corrected chi connectivity index (χ2v) is 7.87. The first-order chi connectivity index (χ1) is 14.2. The van der Waals surface area contributed by atoms with Crippen LogP contribution >= 0.6 is 0 Å². The number of carbonyl (C=O) groups is 1. The Morgan fingerprint density at radius 2 is 1.93 bits per heavy atom. The number of para-hydroxylation sites is 1. The fourth-order valence-electron chi connectivity index (χ4n) is 4.49. The predicted octanol–water partition coefficient (Wildman–Crippen LogP) is 3.04. The average Bonchev–Trinajstić information content (AvgIpc) is 3.30. The first-order valence-corrected chi connectivity index (χ1v) is 10.0. The van der Waals surface area contributed by atoms with Crippen LogP contribution in [0, 0.1) is 12.8 Å². The minimum absolute atomic E-state index is 0.0118. The van der Waals surface area contributed by atoms with Gasteiger partial charge in [-0.25, -0.2) is 4.98 Å². The number of aromatic nitrogens is 4. The molecule has 3 fully saturated rings. The Morgan fingerprint density at radius 3 is 2.69 bits per heavy atom. The molecule has 0 N–H and O–H groups in total. The Bertz CT molecular complexity index is 1000. The van der Waals surface area contributed by atoms with E-state index in [0.29, 0.717) is 23.0 Å². The van der Waals surface area contributed by atoms with Crippen LogP contribution in [0.1, 0.15) is 35.2 Å². The smallest absolute Gasteiger partial charge is 0.256 e. The Morgan fingerprint density at radius 1 is 1.10 bits per heavy atom. The number of benzene rings is 1. The van der Waals surface area contributed by atoms with Crippen LogP contribution < -0.4 is 4.74 Å². The van der Waals surface area contributed by atoms with Gasteiger partial charge in [-0.2, -0.15) is 15.0 Å². The number of piperidine rings is 2. The monoisotopic (exact) mass is 389 g/mol. The molecule has 7 heteroatoms. The molecule has 148 valence electrons. The summed E-state index contributed by atoms with van der Waals surface area (Å²) in [6.07, 6.45) is 8.06. The molecule has 3 aliphatic rings. The molecule has 1 aliphatic carbocycles. The quantitative estimate of drug-likeness (QED) is 0.686. The van der Waals surface area contributed by atoms with Gasteiger partial charge in [0.1, 0.15) is 6.10 Å². The molecule has 1 saturated carbocycles. The van der Waals surface area contributed by atoms with Gasteiger partial charge in [-0.15, -0.1) is 0 Å². The largest absolute Gasteiger partial charge is 0.472 e. The van der Waals surface area contributed by atoms with Crippen molar-refractivity contribution in [1.29, 1.82) is 0 Å². The molecule has 2 bridgehead atoms. The number of carbonyl (C=O) groups excluding carboxylic acids is 1. The zero-order chi connectivity index (χ0) is 19.8. The van der Waals surface area contributed by atoms with E-state index >= 15 is 0 Å². The molecule has 2 aliphatic heterocycles. The van der Waals surface area contributed by atoms with E-state index < -0.39 is 0 Å².